The fraction of sp³-hybridized carbons (Fsp3) is 0.909. The molecule has 1 N–H and O–H groups in total. The van der Waals surface area contributed by atoms with Gasteiger partial charge in [-0.3, -0.25) is 0 Å². The Hall–Kier alpha value is -0.980. The summed E-state index contributed by atoms with van der Waals surface area (Å²) in [7, 11) is 0. The van der Waals surface area contributed by atoms with Crippen LogP contribution in [-0.2, 0) is 0 Å². The lowest BCUT2D eigenvalue weighted by Gasteiger charge is -2.40. The van der Waals surface area contributed by atoms with Crippen molar-refractivity contribution in [3.63, 3.8) is 0 Å². The van der Waals surface area contributed by atoms with E-state index in [2.05, 4.69) is 0 Å². The topological polar surface area (TPSA) is 43.8 Å². The van der Waals surface area contributed by atoms with Crippen molar-refractivity contribution in [2.45, 2.75) is 37.5 Å². The van der Waals surface area contributed by atoms with Gasteiger partial charge in [-0.1, -0.05) is 0 Å². The summed E-state index contributed by atoms with van der Waals surface area (Å²) in [5.41, 5.74) is -2.63. The van der Waals surface area contributed by atoms with E-state index in [9.17, 15) is 23.1 Å². The number of carbonyl (C=O) groups excluding carboxylic acids is 1. The number of alkyl halides is 3. The molecule has 2 rings (SSSR count). The van der Waals surface area contributed by atoms with Gasteiger partial charge in [0.2, 0.25) is 0 Å². The number of carbonyl (C=O) groups is 1. The van der Waals surface area contributed by atoms with Crippen LogP contribution < -0.4 is 0 Å². The van der Waals surface area contributed by atoms with Crippen LogP contribution in [0, 0.1) is 0 Å². The smallest absolute Gasteiger partial charge is 0.380 e. The predicted molar refractivity (Wildman–Crippen MR) is 58.0 cm³/mol. The van der Waals surface area contributed by atoms with E-state index in [1.54, 1.807) is 4.90 Å². The fourth-order valence-electron chi connectivity index (χ4n) is 2.46. The Kier molecular flexibility index (Phi) is 3.44. The van der Waals surface area contributed by atoms with Crippen LogP contribution in [0.3, 0.4) is 0 Å². The molecule has 0 bridgehead atoms. The SMILES string of the molecule is O=C(N1CCCC1)N1CCC(O)(C(F)(F)F)CC1. The molecule has 2 fully saturated rings. The minimum absolute atomic E-state index is 0.0364. The van der Waals surface area contributed by atoms with Crippen molar-refractivity contribution < 1.29 is 23.1 Å². The van der Waals surface area contributed by atoms with E-state index in [0.29, 0.717) is 13.1 Å². The number of halogens is 3. The van der Waals surface area contributed by atoms with E-state index in [1.807, 2.05) is 0 Å². The summed E-state index contributed by atoms with van der Waals surface area (Å²) in [6.07, 6.45) is -3.58. The van der Waals surface area contributed by atoms with Gasteiger partial charge in [0.15, 0.2) is 5.60 Å². The Balaban J connectivity index is 1.92. The van der Waals surface area contributed by atoms with Gasteiger partial charge in [0.05, 0.1) is 0 Å². The number of amides is 2. The molecule has 0 aromatic heterocycles. The Morgan fingerprint density at radius 2 is 1.44 bits per heavy atom. The van der Waals surface area contributed by atoms with Gasteiger partial charge in [-0.25, -0.2) is 4.79 Å². The maximum absolute atomic E-state index is 12.6. The first kappa shape index (κ1) is 13.5. The molecule has 2 aliphatic heterocycles. The van der Waals surface area contributed by atoms with Crippen molar-refractivity contribution in [3.05, 3.63) is 0 Å². The van der Waals surface area contributed by atoms with Crippen LogP contribution in [-0.4, -0.2) is 58.9 Å². The van der Waals surface area contributed by atoms with Gasteiger partial charge in [0, 0.05) is 39.0 Å². The number of piperidine rings is 1. The normalized spacial score (nSPS) is 24.4. The van der Waals surface area contributed by atoms with Crippen molar-refractivity contribution >= 4 is 6.03 Å². The average molecular weight is 266 g/mol. The minimum Gasteiger partial charge on any atom is -0.380 e. The summed E-state index contributed by atoms with van der Waals surface area (Å²) in [4.78, 5) is 15.0. The van der Waals surface area contributed by atoms with E-state index in [4.69, 9.17) is 0 Å². The van der Waals surface area contributed by atoms with Crippen molar-refractivity contribution in [2.24, 2.45) is 0 Å². The molecule has 2 amide bonds. The molecule has 0 unspecified atom stereocenters. The highest BCUT2D eigenvalue weighted by Gasteiger charge is 2.55. The predicted octanol–water partition coefficient (Wildman–Crippen LogP) is 1.59. The maximum Gasteiger partial charge on any atom is 0.417 e. The molecule has 2 heterocycles. The molecule has 0 radical (unpaired) electrons. The molecule has 0 aromatic rings. The second kappa shape index (κ2) is 4.60. The third kappa shape index (κ3) is 2.41. The van der Waals surface area contributed by atoms with E-state index in [1.165, 1.54) is 4.90 Å². The summed E-state index contributed by atoms with van der Waals surface area (Å²) < 4.78 is 37.8. The van der Waals surface area contributed by atoms with Gasteiger partial charge in [-0.05, 0) is 12.8 Å². The molecule has 104 valence electrons. The number of urea groups is 1. The lowest BCUT2D eigenvalue weighted by molar-refractivity contribution is -0.271. The van der Waals surface area contributed by atoms with Crippen LogP contribution in [0.1, 0.15) is 25.7 Å². The Morgan fingerprint density at radius 3 is 1.89 bits per heavy atom. The van der Waals surface area contributed by atoms with E-state index >= 15 is 0 Å². The quantitative estimate of drug-likeness (QED) is 0.723. The third-order valence-electron chi connectivity index (χ3n) is 3.77. The average Bonchev–Trinajstić information content (AvgIpc) is 2.81. The Bertz CT molecular complexity index is 319. The summed E-state index contributed by atoms with van der Waals surface area (Å²) in [5.74, 6) is 0. The lowest BCUT2D eigenvalue weighted by Crippen LogP contribution is -2.56. The first-order valence-corrected chi connectivity index (χ1v) is 6.16. The number of aliphatic hydroxyl groups is 1. The largest absolute Gasteiger partial charge is 0.417 e. The van der Waals surface area contributed by atoms with Gasteiger partial charge >= 0.3 is 12.2 Å². The second-order valence-corrected chi connectivity index (χ2v) is 4.99. The van der Waals surface area contributed by atoms with Gasteiger partial charge in [0.25, 0.3) is 0 Å². The van der Waals surface area contributed by atoms with Crippen LogP contribution >= 0.6 is 0 Å². The summed E-state index contributed by atoms with van der Waals surface area (Å²) in [5, 5.41) is 9.50. The number of nitrogens with zero attached hydrogens (tertiary/aromatic N) is 2. The van der Waals surface area contributed by atoms with E-state index in [-0.39, 0.29) is 19.1 Å². The standard InChI is InChI=1S/C11H17F3N2O2/c12-11(13,14)10(18)3-7-16(8-4-10)9(17)15-5-1-2-6-15/h18H,1-8H2. The molecule has 0 saturated carbocycles. The second-order valence-electron chi connectivity index (χ2n) is 4.99. The van der Waals surface area contributed by atoms with Crippen molar-refractivity contribution in [3.8, 4) is 0 Å². The molecule has 2 saturated heterocycles. The first-order valence-electron chi connectivity index (χ1n) is 6.16. The zero-order valence-electron chi connectivity index (χ0n) is 10.0. The molecule has 0 aliphatic carbocycles. The highest BCUT2D eigenvalue weighted by Crippen LogP contribution is 2.38. The number of hydrogen-bond acceptors (Lipinski definition) is 2. The highest BCUT2D eigenvalue weighted by molar-refractivity contribution is 5.74. The first-order chi connectivity index (χ1) is 8.33. The monoisotopic (exact) mass is 266 g/mol. The van der Waals surface area contributed by atoms with Crippen LogP contribution in [0.5, 0.6) is 0 Å². The summed E-state index contributed by atoms with van der Waals surface area (Å²) in [6.45, 7) is 1.29. The molecule has 18 heavy (non-hydrogen) atoms. The highest BCUT2D eigenvalue weighted by atomic mass is 19.4. The molecule has 7 heteroatoms. The van der Waals surface area contributed by atoms with Gasteiger partial charge in [-0.2, -0.15) is 13.2 Å². The van der Waals surface area contributed by atoms with Crippen LogP contribution in [0.2, 0.25) is 0 Å². The van der Waals surface area contributed by atoms with Crippen LogP contribution in [0.25, 0.3) is 0 Å². The molecule has 4 nitrogen and oxygen atoms in total. The van der Waals surface area contributed by atoms with E-state index < -0.39 is 24.6 Å². The summed E-state index contributed by atoms with van der Waals surface area (Å²) in [6, 6.07) is -0.197. The zero-order valence-corrected chi connectivity index (χ0v) is 10.0. The van der Waals surface area contributed by atoms with Crippen molar-refractivity contribution in [1.82, 2.24) is 9.80 Å². The maximum atomic E-state index is 12.6. The molecule has 0 spiro atoms. The number of rotatable bonds is 0. The fourth-order valence-corrected chi connectivity index (χ4v) is 2.46. The van der Waals surface area contributed by atoms with Crippen LogP contribution in [0.15, 0.2) is 0 Å². The minimum atomic E-state index is -4.62. The molecule has 0 atom stereocenters. The van der Waals surface area contributed by atoms with Gasteiger partial charge in [0.1, 0.15) is 0 Å². The molecular weight excluding hydrogens is 249 g/mol. The number of likely N-dealkylation sites (tertiary alicyclic amines) is 2. The van der Waals surface area contributed by atoms with E-state index in [0.717, 1.165) is 12.8 Å². The zero-order chi connectivity index (χ0) is 13.4. The number of hydrogen-bond donors (Lipinski definition) is 1. The molecule has 0 aromatic carbocycles. The molecule has 2 aliphatic rings. The van der Waals surface area contributed by atoms with Gasteiger partial charge < -0.3 is 14.9 Å². The van der Waals surface area contributed by atoms with Crippen LogP contribution in [0.4, 0.5) is 18.0 Å². The third-order valence-corrected chi connectivity index (χ3v) is 3.77. The van der Waals surface area contributed by atoms with Crippen molar-refractivity contribution in [1.29, 1.82) is 0 Å². The van der Waals surface area contributed by atoms with Gasteiger partial charge in [-0.15, -0.1) is 0 Å². The lowest BCUT2D eigenvalue weighted by atomic mass is 9.91. The molecular formula is C11H17F3N2O2. The Morgan fingerprint density at radius 1 is 1.00 bits per heavy atom. The van der Waals surface area contributed by atoms with Crippen molar-refractivity contribution in [2.75, 3.05) is 26.2 Å². The summed E-state index contributed by atoms with van der Waals surface area (Å²) >= 11 is 0. The Labute approximate surface area is 103 Å².